The van der Waals surface area contributed by atoms with Crippen molar-refractivity contribution >= 4 is 78.0 Å². The van der Waals surface area contributed by atoms with Crippen LogP contribution in [0.1, 0.15) is 49.9 Å². The van der Waals surface area contributed by atoms with Gasteiger partial charge in [-0.25, -0.2) is 0 Å². The molecule has 0 saturated heterocycles. The fraction of sp³-hybridized carbons (Fsp3) is 0.0476. The van der Waals surface area contributed by atoms with E-state index >= 15 is 0 Å². The quantitative estimate of drug-likeness (QED) is 0.0965. The summed E-state index contributed by atoms with van der Waals surface area (Å²) in [6, 6.07) is 172. The fourth-order valence-electron chi connectivity index (χ4n) is 20.1. The van der Waals surface area contributed by atoms with E-state index in [1.165, 1.54) is 145 Å². The van der Waals surface area contributed by atoms with E-state index in [0.29, 0.717) is 0 Å². The minimum Gasteiger partial charge on any atom is -0.455 e. The second-order valence-corrected chi connectivity index (χ2v) is 35.4. The molecule has 22 aromatic rings. The van der Waals surface area contributed by atoms with Crippen LogP contribution in [-0.2, 0) is 10.8 Å². The van der Waals surface area contributed by atoms with Crippen molar-refractivity contribution in [3.63, 3.8) is 0 Å². The summed E-state index contributed by atoms with van der Waals surface area (Å²) in [7, 11) is 0. The first-order chi connectivity index (χ1) is 63.9. The van der Waals surface area contributed by atoms with Crippen LogP contribution in [0.4, 0.5) is 34.1 Å². The summed E-state index contributed by atoms with van der Waals surface area (Å²) in [6.45, 7) is 9.47. The van der Waals surface area contributed by atoms with E-state index in [2.05, 4.69) is 499 Å². The van der Waals surface area contributed by atoms with Crippen molar-refractivity contribution in [1.82, 2.24) is 0 Å². The molecule has 0 atom stereocenters. The Morgan fingerprint density at radius 2 is 0.369 bits per heavy atom. The molecule has 2 heterocycles. The Morgan fingerprint density at radius 3 is 0.685 bits per heavy atom. The molecule has 0 unspecified atom stereocenters. The summed E-state index contributed by atoms with van der Waals surface area (Å²) < 4.78 is 13.0. The van der Waals surface area contributed by atoms with E-state index in [0.717, 1.165) is 89.1 Å². The lowest BCUT2D eigenvalue weighted by molar-refractivity contribution is 0.660. The number of hydrogen-bond acceptors (Lipinski definition) is 4. The van der Waals surface area contributed by atoms with Crippen LogP contribution >= 0.6 is 0 Å². The second kappa shape index (κ2) is 32.5. The van der Waals surface area contributed by atoms with Gasteiger partial charge in [0, 0.05) is 77.6 Å². The average molecular weight is 1660 g/mol. The third-order valence-electron chi connectivity index (χ3n) is 27.0. The van der Waals surface area contributed by atoms with Crippen molar-refractivity contribution in [2.45, 2.75) is 38.5 Å². The van der Waals surface area contributed by atoms with E-state index in [4.69, 9.17) is 8.83 Å². The van der Waals surface area contributed by atoms with Gasteiger partial charge < -0.3 is 18.6 Å². The van der Waals surface area contributed by atoms with Gasteiger partial charge in [0.1, 0.15) is 22.3 Å². The van der Waals surface area contributed by atoms with Crippen LogP contribution in [0.3, 0.4) is 0 Å². The van der Waals surface area contributed by atoms with Crippen molar-refractivity contribution in [3.8, 4) is 134 Å². The van der Waals surface area contributed by atoms with E-state index in [9.17, 15) is 0 Å². The Kier molecular flexibility index (Phi) is 19.6. The topological polar surface area (TPSA) is 32.8 Å². The van der Waals surface area contributed by atoms with Gasteiger partial charge in [-0.2, -0.15) is 0 Å². The Morgan fingerprint density at radius 1 is 0.154 bits per heavy atom. The standard InChI is InChI=1S/2C63H45NO/c1-63(2)59-40-50(54-23-13-24-58-57-22-9-10-25-61(57)65-62(54)58)30-36-55(59)56-37-35-53(41-60(56)63)64(51-31-26-44(27-32-51)48-20-11-18-46(38-48)42-14-5-3-6-15-42)52-33-28-45(29-34-52)49-21-12-19-47(39-49)43-16-7-4-8-17-43;1-63(2)59-40-50(54-17-11-18-58-57-16-9-10-19-61(57)65-62(54)58)32-38-55(59)56-39-37-53(41-60(56)63)64(51-33-28-48(29-34-51)46-24-20-44(21-25-46)42-12-5-3-6-13-42)52-35-30-49(31-36-52)47-26-22-45(23-27-47)43-14-7-4-8-15-43/h2*3-41H,1-2H3. The first kappa shape index (κ1) is 78.3. The Labute approximate surface area is 758 Å². The molecule has 0 radical (unpaired) electrons. The normalized spacial score (nSPS) is 12.6. The maximum Gasteiger partial charge on any atom is 0.143 e. The lowest BCUT2D eigenvalue weighted by Crippen LogP contribution is -2.16. The highest BCUT2D eigenvalue weighted by Crippen LogP contribution is 2.55. The molecule has 616 valence electrons. The number of rotatable bonds is 16. The van der Waals surface area contributed by atoms with Crippen molar-refractivity contribution in [2.75, 3.05) is 9.80 Å². The molecule has 0 amide bonds. The summed E-state index contributed by atoms with van der Waals surface area (Å²) in [5.74, 6) is 0. The summed E-state index contributed by atoms with van der Waals surface area (Å²) in [5, 5.41) is 4.59. The van der Waals surface area contributed by atoms with E-state index in [1.807, 2.05) is 12.1 Å². The first-order valence-corrected chi connectivity index (χ1v) is 45.0. The Balaban J connectivity index is 0.000000148. The zero-order chi connectivity index (χ0) is 87.0. The predicted octanol–water partition coefficient (Wildman–Crippen LogP) is 35.4. The maximum absolute atomic E-state index is 6.50. The molecule has 0 N–H and O–H groups in total. The smallest absolute Gasteiger partial charge is 0.143 e. The highest BCUT2D eigenvalue weighted by Gasteiger charge is 2.39. The summed E-state index contributed by atoms with van der Waals surface area (Å²) in [5.41, 5.74) is 44.1. The predicted molar refractivity (Wildman–Crippen MR) is 546 cm³/mol. The summed E-state index contributed by atoms with van der Waals surface area (Å²) in [6.07, 6.45) is 0. The summed E-state index contributed by atoms with van der Waals surface area (Å²) in [4.78, 5) is 4.80. The number of benzene rings is 20. The zero-order valence-corrected chi connectivity index (χ0v) is 72.7. The van der Waals surface area contributed by atoms with Gasteiger partial charge in [0.05, 0.1) is 0 Å². The molecule has 0 saturated carbocycles. The van der Waals surface area contributed by atoms with Crippen LogP contribution in [0.5, 0.6) is 0 Å². The second-order valence-electron chi connectivity index (χ2n) is 35.4. The molecule has 4 heteroatoms. The van der Waals surface area contributed by atoms with Crippen molar-refractivity contribution < 1.29 is 8.83 Å². The number of nitrogens with zero attached hydrogens (tertiary/aromatic N) is 2. The Hall–Kier alpha value is -16.4. The van der Waals surface area contributed by atoms with Crippen molar-refractivity contribution in [2.24, 2.45) is 0 Å². The molecule has 0 spiro atoms. The summed E-state index contributed by atoms with van der Waals surface area (Å²) >= 11 is 0. The van der Waals surface area contributed by atoms with Crippen LogP contribution in [-0.4, -0.2) is 0 Å². The number of fused-ring (bicyclic) bond motifs is 12. The zero-order valence-electron chi connectivity index (χ0n) is 72.7. The Bertz CT molecular complexity index is 7760. The minimum atomic E-state index is -0.245. The van der Waals surface area contributed by atoms with E-state index in [-0.39, 0.29) is 10.8 Å². The SMILES string of the molecule is CC1(C)c2cc(-c3cccc4c3oc3ccccc34)ccc2-c2ccc(N(c3ccc(-c4ccc(-c5ccccc5)cc4)cc3)c3ccc(-c4ccc(-c5ccccc5)cc4)cc3)cc21.CC1(C)c2cc(-c3cccc4c3oc3ccccc34)ccc2-c2ccc(N(c3ccc(-c4cccc(-c5ccccc5)c4)cc3)c3ccc(-c4cccc(-c5ccccc5)c4)cc3)cc21. The van der Waals surface area contributed by atoms with Gasteiger partial charge in [-0.1, -0.05) is 392 Å². The number of para-hydroxylation sites is 4. The lowest BCUT2D eigenvalue weighted by Gasteiger charge is -2.28. The molecule has 20 aromatic carbocycles. The largest absolute Gasteiger partial charge is 0.455 e. The molecule has 130 heavy (non-hydrogen) atoms. The van der Waals surface area contributed by atoms with Crippen LogP contribution in [0, 0.1) is 0 Å². The molecular weight excluding hydrogens is 1570 g/mol. The van der Waals surface area contributed by atoms with Crippen LogP contribution < -0.4 is 9.80 Å². The third kappa shape index (κ3) is 14.2. The van der Waals surface area contributed by atoms with Crippen molar-refractivity contribution in [1.29, 1.82) is 0 Å². The van der Waals surface area contributed by atoms with Gasteiger partial charge in [0.25, 0.3) is 0 Å². The fourth-order valence-corrected chi connectivity index (χ4v) is 20.1. The van der Waals surface area contributed by atoms with Gasteiger partial charge in [0.15, 0.2) is 0 Å². The molecule has 0 fully saturated rings. The van der Waals surface area contributed by atoms with Gasteiger partial charge in [-0.05, 0) is 254 Å². The molecule has 2 aromatic heterocycles. The van der Waals surface area contributed by atoms with Gasteiger partial charge in [-0.3, -0.25) is 0 Å². The van der Waals surface area contributed by atoms with Crippen LogP contribution in [0.15, 0.2) is 482 Å². The van der Waals surface area contributed by atoms with Crippen LogP contribution in [0.25, 0.3) is 177 Å². The monoisotopic (exact) mass is 1660 g/mol. The highest BCUT2D eigenvalue weighted by molar-refractivity contribution is 6.11. The molecule has 0 aliphatic heterocycles. The van der Waals surface area contributed by atoms with E-state index < -0.39 is 0 Å². The molecule has 0 bridgehead atoms. The van der Waals surface area contributed by atoms with Crippen molar-refractivity contribution in [3.05, 3.63) is 495 Å². The van der Waals surface area contributed by atoms with Gasteiger partial charge in [-0.15, -0.1) is 0 Å². The molecule has 2 aliphatic carbocycles. The minimum absolute atomic E-state index is 0.240. The lowest BCUT2D eigenvalue weighted by atomic mass is 9.81. The third-order valence-corrected chi connectivity index (χ3v) is 27.0. The first-order valence-electron chi connectivity index (χ1n) is 45.0. The number of anilines is 6. The molecule has 2 aliphatic rings. The molecule has 24 rings (SSSR count). The van der Waals surface area contributed by atoms with Gasteiger partial charge in [0.2, 0.25) is 0 Å². The van der Waals surface area contributed by atoms with E-state index in [1.54, 1.807) is 0 Å². The van der Waals surface area contributed by atoms with Gasteiger partial charge >= 0.3 is 0 Å². The average Bonchev–Trinajstić information content (AvgIpc) is 1.57. The van der Waals surface area contributed by atoms with Crippen LogP contribution in [0.2, 0.25) is 0 Å². The number of hydrogen-bond donors (Lipinski definition) is 0. The molecular formula is C126H90N2O2. The maximum atomic E-state index is 6.50. The molecule has 4 nitrogen and oxygen atoms in total. The highest BCUT2D eigenvalue weighted by atomic mass is 16.3. The number of furan rings is 2.